The van der Waals surface area contributed by atoms with E-state index in [9.17, 15) is 14.4 Å². The summed E-state index contributed by atoms with van der Waals surface area (Å²) in [5.41, 5.74) is 0.302. The van der Waals surface area contributed by atoms with Crippen molar-refractivity contribution in [3.8, 4) is 0 Å². The first-order valence-electron chi connectivity index (χ1n) is 6.16. The molecule has 0 aliphatic carbocycles. The third kappa shape index (κ3) is 2.35. The molecule has 1 aromatic rings. The Morgan fingerprint density at radius 1 is 1.35 bits per heavy atom. The minimum Gasteiger partial charge on any atom is -0.315 e. The van der Waals surface area contributed by atoms with Gasteiger partial charge in [-0.3, -0.25) is 19.7 Å². The molecule has 1 aliphatic rings. The molecule has 5 nitrogen and oxygen atoms in total. The molecule has 1 fully saturated rings. The number of hydrogen-bond donors (Lipinski definition) is 1. The fourth-order valence-corrected chi connectivity index (χ4v) is 2.50. The summed E-state index contributed by atoms with van der Waals surface area (Å²) in [7, 11) is 0. The van der Waals surface area contributed by atoms with Crippen LogP contribution in [0.5, 0.6) is 0 Å². The van der Waals surface area contributed by atoms with E-state index in [1.54, 1.807) is 26.0 Å². The van der Waals surface area contributed by atoms with Crippen molar-refractivity contribution < 1.29 is 14.4 Å². The van der Waals surface area contributed by atoms with Crippen molar-refractivity contribution in [2.24, 2.45) is 0 Å². The second kappa shape index (κ2) is 5.01. The molecule has 6 heteroatoms. The lowest BCUT2D eigenvalue weighted by molar-refractivity contribution is -0.143. The molecule has 0 bridgehead atoms. The number of hydrogen-bond acceptors (Lipinski definition) is 3. The first-order chi connectivity index (χ1) is 9.25. The van der Waals surface area contributed by atoms with E-state index in [4.69, 9.17) is 0 Å². The molecule has 1 aliphatic heterocycles. The van der Waals surface area contributed by atoms with Crippen molar-refractivity contribution >= 4 is 33.7 Å². The SMILES string of the molecule is Cc1cccc(C(=O)N2CC(=O)NC(=O)C2(C)C)c1Br. The molecule has 2 rings (SSSR count). The summed E-state index contributed by atoms with van der Waals surface area (Å²) in [5.74, 6) is -1.27. The number of halogens is 1. The van der Waals surface area contributed by atoms with Gasteiger partial charge in [-0.15, -0.1) is 0 Å². The van der Waals surface area contributed by atoms with Crippen molar-refractivity contribution in [1.82, 2.24) is 10.2 Å². The molecule has 0 spiro atoms. The molecule has 0 atom stereocenters. The van der Waals surface area contributed by atoms with Crippen molar-refractivity contribution in [2.45, 2.75) is 26.3 Å². The zero-order chi connectivity index (χ0) is 15.1. The van der Waals surface area contributed by atoms with Crippen LogP contribution in [0.1, 0.15) is 29.8 Å². The number of carbonyl (C=O) groups is 3. The zero-order valence-electron chi connectivity index (χ0n) is 11.5. The maximum Gasteiger partial charge on any atom is 0.256 e. The lowest BCUT2D eigenvalue weighted by Crippen LogP contribution is -2.65. The van der Waals surface area contributed by atoms with Gasteiger partial charge in [0.05, 0.1) is 5.56 Å². The average molecular weight is 339 g/mol. The third-order valence-electron chi connectivity index (χ3n) is 3.45. The average Bonchev–Trinajstić information content (AvgIpc) is 2.37. The van der Waals surface area contributed by atoms with Crippen LogP contribution in [0.2, 0.25) is 0 Å². The van der Waals surface area contributed by atoms with E-state index in [2.05, 4.69) is 21.2 Å². The number of amides is 3. The summed E-state index contributed by atoms with van der Waals surface area (Å²) in [4.78, 5) is 37.4. The van der Waals surface area contributed by atoms with Gasteiger partial charge in [0.2, 0.25) is 5.91 Å². The highest BCUT2D eigenvalue weighted by Gasteiger charge is 2.44. The second-order valence-electron chi connectivity index (χ2n) is 5.26. The fraction of sp³-hybridized carbons (Fsp3) is 0.357. The van der Waals surface area contributed by atoms with Crippen LogP contribution >= 0.6 is 15.9 Å². The predicted octanol–water partition coefficient (Wildman–Crippen LogP) is 1.63. The number of aryl methyl sites for hydroxylation is 1. The lowest BCUT2D eigenvalue weighted by atomic mass is 9.97. The van der Waals surface area contributed by atoms with Crippen LogP contribution in [0.3, 0.4) is 0 Å². The maximum atomic E-state index is 12.6. The van der Waals surface area contributed by atoms with Crippen LogP contribution in [-0.2, 0) is 9.59 Å². The van der Waals surface area contributed by atoms with Gasteiger partial charge in [-0.1, -0.05) is 12.1 Å². The fourth-order valence-electron chi connectivity index (χ4n) is 2.07. The van der Waals surface area contributed by atoms with E-state index in [1.807, 2.05) is 13.0 Å². The molecule has 0 aromatic heterocycles. The van der Waals surface area contributed by atoms with E-state index in [1.165, 1.54) is 4.90 Å². The Bertz CT molecular complexity index is 610. The van der Waals surface area contributed by atoms with E-state index in [0.717, 1.165) is 5.56 Å². The Morgan fingerprint density at radius 3 is 2.65 bits per heavy atom. The van der Waals surface area contributed by atoms with Gasteiger partial charge in [0.1, 0.15) is 12.1 Å². The minimum absolute atomic E-state index is 0.127. The monoisotopic (exact) mass is 338 g/mol. The molecule has 20 heavy (non-hydrogen) atoms. The van der Waals surface area contributed by atoms with E-state index in [-0.39, 0.29) is 12.5 Å². The van der Waals surface area contributed by atoms with Crippen molar-refractivity contribution in [3.63, 3.8) is 0 Å². The van der Waals surface area contributed by atoms with Crippen LogP contribution in [0.4, 0.5) is 0 Å². The molecule has 0 saturated carbocycles. The Labute approximate surface area is 125 Å². The summed E-state index contributed by atoms with van der Waals surface area (Å²) in [6.45, 7) is 4.99. The zero-order valence-corrected chi connectivity index (χ0v) is 13.1. The second-order valence-corrected chi connectivity index (χ2v) is 6.06. The molecule has 0 radical (unpaired) electrons. The highest BCUT2D eigenvalue weighted by molar-refractivity contribution is 9.10. The van der Waals surface area contributed by atoms with E-state index in [0.29, 0.717) is 10.0 Å². The number of benzene rings is 1. The Hall–Kier alpha value is -1.69. The van der Waals surface area contributed by atoms with Gasteiger partial charge in [0.25, 0.3) is 11.8 Å². The number of nitrogens with zero attached hydrogens (tertiary/aromatic N) is 1. The van der Waals surface area contributed by atoms with E-state index < -0.39 is 17.4 Å². The lowest BCUT2D eigenvalue weighted by Gasteiger charge is -2.40. The van der Waals surface area contributed by atoms with Crippen LogP contribution in [0, 0.1) is 6.92 Å². The van der Waals surface area contributed by atoms with Gasteiger partial charge < -0.3 is 4.90 Å². The molecule has 1 aromatic carbocycles. The van der Waals surface area contributed by atoms with E-state index >= 15 is 0 Å². The highest BCUT2D eigenvalue weighted by Crippen LogP contribution is 2.26. The molecule has 1 N–H and O–H groups in total. The first-order valence-corrected chi connectivity index (χ1v) is 6.96. The number of rotatable bonds is 1. The van der Waals surface area contributed by atoms with Gasteiger partial charge in [-0.05, 0) is 48.3 Å². The Balaban J connectivity index is 2.43. The molecule has 1 saturated heterocycles. The van der Waals surface area contributed by atoms with Crippen molar-refractivity contribution in [1.29, 1.82) is 0 Å². The quantitative estimate of drug-likeness (QED) is 0.791. The van der Waals surface area contributed by atoms with Crippen molar-refractivity contribution in [2.75, 3.05) is 6.54 Å². The summed E-state index contributed by atoms with van der Waals surface area (Å²) in [6, 6.07) is 5.32. The highest BCUT2D eigenvalue weighted by atomic mass is 79.9. The standard InChI is InChI=1S/C14H15BrN2O3/c1-8-5-4-6-9(11(8)15)12(19)17-7-10(18)16-13(20)14(17,2)3/h4-6H,7H2,1-3H3,(H,16,18,20). The van der Waals surface area contributed by atoms with Crippen LogP contribution in [0.15, 0.2) is 22.7 Å². The van der Waals surface area contributed by atoms with Crippen LogP contribution in [-0.4, -0.2) is 34.7 Å². The number of nitrogens with one attached hydrogen (secondary N) is 1. The van der Waals surface area contributed by atoms with Gasteiger partial charge >= 0.3 is 0 Å². The molecular weight excluding hydrogens is 324 g/mol. The van der Waals surface area contributed by atoms with Crippen LogP contribution in [0.25, 0.3) is 0 Å². The van der Waals surface area contributed by atoms with Gasteiger partial charge in [0.15, 0.2) is 0 Å². The summed E-state index contributed by atoms with van der Waals surface area (Å²) >= 11 is 3.38. The predicted molar refractivity (Wildman–Crippen MR) is 77.1 cm³/mol. The topological polar surface area (TPSA) is 66.5 Å². The molecule has 3 amide bonds. The first kappa shape index (κ1) is 14.7. The Kier molecular flexibility index (Phi) is 3.69. The number of carbonyl (C=O) groups excluding carboxylic acids is 3. The minimum atomic E-state index is -1.06. The van der Waals surface area contributed by atoms with Gasteiger partial charge in [-0.2, -0.15) is 0 Å². The number of imide groups is 1. The maximum absolute atomic E-state index is 12.6. The summed E-state index contributed by atoms with van der Waals surface area (Å²) in [5, 5.41) is 2.25. The van der Waals surface area contributed by atoms with Crippen molar-refractivity contribution in [3.05, 3.63) is 33.8 Å². The van der Waals surface area contributed by atoms with Crippen LogP contribution < -0.4 is 5.32 Å². The molecule has 106 valence electrons. The normalized spacial score (nSPS) is 17.9. The van der Waals surface area contributed by atoms with Gasteiger partial charge in [-0.25, -0.2) is 0 Å². The number of piperazine rings is 1. The van der Waals surface area contributed by atoms with Gasteiger partial charge in [0, 0.05) is 4.47 Å². The summed E-state index contributed by atoms with van der Waals surface area (Å²) < 4.78 is 0.680. The third-order valence-corrected chi connectivity index (χ3v) is 4.51. The smallest absolute Gasteiger partial charge is 0.256 e. The molecular formula is C14H15BrN2O3. The largest absolute Gasteiger partial charge is 0.315 e. The Morgan fingerprint density at radius 2 is 2.00 bits per heavy atom. The molecule has 1 heterocycles. The molecule has 0 unspecified atom stereocenters. The summed E-state index contributed by atoms with van der Waals surface area (Å²) in [6.07, 6.45) is 0.